The summed E-state index contributed by atoms with van der Waals surface area (Å²) >= 11 is 7.51. The first-order valence-electron chi connectivity index (χ1n) is 7.80. The van der Waals surface area contributed by atoms with Crippen molar-refractivity contribution in [3.8, 4) is 11.3 Å². The van der Waals surface area contributed by atoms with E-state index >= 15 is 0 Å². The van der Waals surface area contributed by atoms with E-state index in [9.17, 15) is 14.0 Å². The molecule has 4 rings (SSSR count). The van der Waals surface area contributed by atoms with Gasteiger partial charge in [0.05, 0.1) is 22.4 Å². The number of fused-ring (bicyclic) bond motifs is 2. The molecule has 0 bridgehead atoms. The lowest BCUT2D eigenvalue weighted by Crippen LogP contribution is -2.24. The fourth-order valence-corrected chi connectivity index (χ4v) is 3.83. The van der Waals surface area contributed by atoms with Gasteiger partial charge in [0.15, 0.2) is 10.9 Å². The Morgan fingerprint density at radius 2 is 2.14 bits per heavy atom. The van der Waals surface area contributed by atoms with E-state index in [1.54, 1.807) is 12.1 Å². The molecule has 142 valence electrons. The zero-order valence-corrected chi connectivity index (χ0v) is 15.7. The predicted molar refractivity (Wildman–Crippen MR) is 105 cm³/mol. The number of hydrogen-bond acceptors (Lipinski definition) is 7. The number of halogens is 2. The van der Waals surface area contributed by atoms with Crippen LogP contribution < -0.4 is 10.7 Å². The van der Waals surface area contributed by atoms with Crippen molar-refractivity contribution in [3.05, 3.63) is 29.2 Å². The largest absolute Gasteiger partial charge is 0.305 e. The Hall–Kier alpha value is -3.31. The average Bonchev–Trinajstić information content (AvgIpc) is 3.31. The maximum atomic E-state index is 15.0. The molecule has 0 atom stereocenters. The maximum absolute atomic E-state index is 15.0. The second kappa shape index (κ2) is 7.02. The van der Waals surface area contributed by atoms with Gasteiger partial charge in [0.25, 0.3) is 0 Å². The van der Waals surface area contributed by atoms with Crippen LogP contribution in [0.25, 0.3) is 32.5 Å². The van der Waals surface area contributed by atoms with E-state index in [0.717, 1.165) is 5.01 Å². The number of benzene rings is 1. The van der Waals surface area contributed by atoms with Crippen LogP contribution in [0.4, 0.5) is 15.2 Å². The first-order valence-corrected chi connectivity index (χ1v) is 9.00. The molecule has 4 aromatic rings. The van der Waals surface area contributed by atoms with E-state index in [-0.39, 0.29) is 10.7 Å². The second-order valence-corrected chi connectivity index (χ2v) is 7.02. The van der Waals surface area contributed by atoms with Gasteiger partial charge in [-0.2, -0.15) is 5.10 Å². The number of thiazole rings is 1. The van der Waals surface area contributed by atoms with Gasteiger partial charge in [-0.25, -0.2) is 14.4 Å². The lowest BCUT2D eigenvalue weighted by atomic mass is 10.0. The average molecular weight is 420 g/mol. The molecule has 2 amide bonds. The van der Waals surface area contributed by atoms with Crippen LogP contribution in [-0.4, -0.2) is 45.0 Å². The monoisotopic (exact) mass is 419 g/mol. The van der Waals surface area contributed by atoms with Crippen LogP contribution in [0.15, 0.2) is 18.3 Å². The van der Waals surface area contributed by atoms with Gasteiger partial charge in [0.2, 0.25) is 12.8 Å². The smallest absolute Gasteiger partial charge is 0.227 e. The minimum Gasteiger partial charge on any atom is -0.305 e. The Bertz CT molecular complexity index is 1220. The number of hydrazine groups is 1. The molecule has 3 N–H and O–H groups in total. The second-order valence-electron chi connectivity index (χ2n) is 5.67. The van der Waals surface area contributed by atoms with Crippen molar-refractivity contribution in [3.63, 3.8) is 0 Å². The number of aromatic nitrogens is 4. The summed E-state index contributed by atoms with van der Waals surface area (Å²) in [6.45, 7) is 0. The topological polar surface area (TPSA) is 116 Å². The van der Waals surface area contributed by atoms with Crippen LogP contribution in [0.2, 0.25) is 5.02 Å². The van der Waals surface area contributed by atoms with Crippen molar-refractivity contribution < 1.29 is 14.0 Å². The fraction of sp³-hybridized carbons (Fsp3) is 0.0625. The Morgan fingerprint density at radius 1 is 1.32 bits per heavy atom. The molecule has 0 aliphatic carbocycles. The molecule has 0 saturated carbocycles. The van der Waals surface area contributed by atoms with Crippen molar-refractivity contribution in [2.24, 2.45) is 0 Å². The minimum absolute atomic E-state index is 0.00723. The molecule has 0 aliphatic heterocycles. The van der Waals surface area contributed by atoms with Crippen LogP contribution in [0, 0.1) is 5.82 Å². The summed E-state index contributed by atoms with van der Waals surface area (Å²) < 4.78 is 15.0. The van der Waals surface area contributed by atoms with Gasteiger partial charge in [-0.1, -0.05) is 22.9 Å². The lowest BCUT2D eigenvalue weighted by molar-refractivity contribution is -0.116. The van der Waals surface area contributed by atoms with E-state index in [1.165, 1.54) is 24.6 Å². The number of hydrogen-bond donors (Lipinski definition) is 3. The molecule has 0 fully saturated rings. The highest BCUT2D eigenvalue weighted by Gasteiger charge is 2.23. The number of H-pyrrole nitrogens is 1. The molecule has 3 aromatic heterocycles. The zero-order chi connectivity index (χ0) is 19.8. The fourth-order valence-electron chi connectivity index (χ4n) is 2.74. The van der Waals surface area contributed by atoms with Gasteiger partial charge in [0.1, 0.15) is 16.0 Å². The minimum atomic E-state index is -0.753. The van der Waals surface area contributed by atoms with Crippen LogP contribution in [0.3, 0.4) is 0 Å². The number of carbonyl (C=O) groups is 2. The molecule has 0 spiro atoms. The molecule has 0 unspecified atom stereocenters. The highest BCUT2D eigenvalue weighted by Crippen LogP contribution is 2.41. The number of amides is 2. The van der Waals surface area contributed by atoms with Gasteiger partial charge in [-0.15, -0.1) is 0 Å². The first kappa shape index (κ1) is 18.1. The molecule has 0 aliphatic rings. The summed E-state index contributed by atoms with van der Waals surface area (Å²) in [5, 5.41) is 11.0. The number of rotatable bonds is 6. The lowest BCUT2D eigenvalue weighted by Gasteiger charge is -2.17. The summed E-state index contributed by atoms with van der Waals surface area (Å²) in [7, 11) is 1.43. The van der Waals surface area contributed by atoms with Crippen molar-refractivity contribution in [2.45, 2.75) is 0 Å². The molecular formula is C16H11ClFN7O2S. The molecule has 0 saturated heterocycles. The molecular weight excluding hydrogens is 409 g/mol. The van der Waals surface area contributed by atoms with E-state index in [0.29, 0.717) is 50.5 Å². The molecule has 0 radical (unpaired) electrons. The van der Waals surface area contributed by atoms with Gasteiger partial charge < -0.3 is 5.32 Å². The third kappa shape index (κ3) is 2.90. The molecule has 28 heavy (non-hydrogen) atoms. The third-order valence-electron chi connectivity index (χ3n) is 3.93. The summed E-state index contributed by atoms with van der Waals surface area (Å²) in [6.07, 6.45) is 2.52. The number of anilines is 2. The van der Waals surface area contributed by atoms with Crippen molar-refractivity contribution in [1.82, 2.24) is 25.2 Å². The molecule has 12 heteroatoms. The van der Waals surface area contributed by atoms with E-state index in [2.05, 4.69) is 30.9 Å². The Balaban J connectivity index is 1.91. The predicted octanol–water partition coefficient (Wildman–Crippen LogP) is 3.01. The summed E-state index contributed by atoms with van der Waals surface area (Å²) in [6, 6.07) is 3.36. The van der Waals surface area contributed by atoms with Crippen LogP contribution >= 0.6 is 22.9 Å². The number of carbonyl (C=O) groups excluding carboxylic acids is 2. The van der Waals surface area contributed by atoms with Crippen molar-refractivity contribution in [1.29, 1.82) is 0 Å². The van der Waals surface area contributed by atoms with Crippen LogP contribution in [0.1, 0.15) is 0 Å². The highest BCUT2D eigenvalue weighted by atomic mass is 35.5. The van der Waals surface area contributed by atoms with Gasteiger partial charge in [-0.3, -0.25) is 25.1 Å². The normalized spacial score (nSPS) is 11.0. The SMILES string of the molecule is CN(C=O)Nc1c(F)c(Cl)c(-c2ccc3nc(NC=O)sc3n2)c2cn[nH]c12. The number of nitrogens with zero attached hydrogens (tertiary/aromatic N) is 4. The Kier molecular flexibility index (Phi) is 4.53. The zero-order valence-electron chi connectivity index (χ0n) is 14.2. The number of nitrogens with one attached hydrogen (secondary N) is 3. The van der Waals surface area contributed by atoms with E-state index < -0.39 is 5.82 Å². The Morgan fingerprint density at radius 3 is 2.89 bits per heavy atom. The third-order valence-corrected chi connectivity index (χ3v) is 5.18. The summed E-state index contributed by atoms with van der Waals surface area (Å²) in [4.78, 5) is 30.8. The van der Waals surface area contributed by atoms with Crippen LogP contribution in [0.5, 0.6) is 0 Å². The van der Waals surface area contributed by atoms with Crippen LogP contribution in [-0.2, 0) is 9.59 Å². The maximum Gasteiger partial charge on any atom is 0.227 e. The van der Waals surface area contributed by atoms with Gasteiger partial charge in [-0.05, 0) is 12.1 Å². The van der Waals surface area contributed by atoms with Crippen molar-refractivity contribution >= 4 is 67.8 Å². The first-order chi connectivity index (χ1) is 13.5. The quantitative estimate of drug-likeness (QED) is 0.327. The van der Waals surface area contributed by atoms with Gasteiger partial charge in [0, 0.05) is 18.0 Å². The van der Waals surface area contributed by atoms with E-state index in [1.807, 2.05) is 0 Å². The summed E-state index contributed by atoms with van der Waals surface area (Å²) in [5.74, 6) is -0.753. The van der Waals surface area contributed by atoms with Crippen molar-refractivity contribution in [2.75, 3.05) is 17.8 Å². The van der Waals surface area contributed by atoms with E-state index in [4.69, 9.17) is 11.6 Å². The molecule has 3 heterocycles. The van der Waals surface area contributed by atoms with Gasteiger partial charge >= 0.3 is 0 Å². The molecule has 9 nitrogen and oxygen atoms in total. The highest BCUT2D eigenvalue weighted by molar-refractivity contribution is 7.21. The number of pyridine rings is 1. The number of aromatic amines is 1. The molecule has 1 aromatic carbocycles. The Labute approximate surface area is 165 Å². The standard InChI is InChI=1S/C16H11ClFN7O2S/c1-25(6-27)24-14-12(18)11(17)10(7-4-20-23-13(7)14)8-2-3-9-15(21-8)28-16(22-9)19-5-26/h2-6,24H,1H3,(H,20,23)(H,19,22,26). The summed E-state index contributed by atoms with van der Waals surface area (Å²) in [5.41, 5.74) is 4.30.